The number of allylic oxidation sites excluding steroid dienone is 1. The van der Waals surface area contributed by atoms with Gasteiger partial charge in [0.2, 0.25) is 0 Å². The van der Waals surface area contributed by atoms with Gasteiger partial charge in [0.25, 0.3) is 0 Å². The van der Waals surface area contributed by atoms with E-state index in [1.807, 2.05) is 6.92 Å². The first-order chi connectivity index (χ1) is 8.27. The Kier molecular flexibility index (Phi) is 11.2. The van der Waals surface area contributed by atoms with Gasteiger partial charge in [-0.3, -0.25) is 5.32 Å². The van der Waals surface area contributed by atoms with Crippen LogP contribution in [0.15, 0.2) is 11.6 Å². The molecule has 0 aromatic rings. The number of aliphatic hydroxyl groups excluding tert-OH is 2. The first kappa shape index (κ1) is 18.9. The van der Waals surface area contributed by atoms with Crippen LogP contribution in [0.1, 0.15) is 27.2 Å². The highest BCUT2D eigenvalue weighted by Gasteiger charge is 2.21. The zero-order valence-corrected chi connectivity index (χ0v) is 10.8. The molecule has 0 aromatic heterocycles. The van der Waals surface area contributed by atoms with E-state index in [4.69, 9.17) is 20.4 Å². The predicted molar refractivity (Wildman–Crippen MR) is 65.0 cm³/mol. The Labute approximate surface area is 106 Å². The normalized spacial score (nSPS) is 14.2. The molecule has 0 fully saturated rings. The number of carboxylic acids is 2. The number of aliphatic hydroxyl groups is 2. The molecule has 0 rings (SSSR count). The molecule has 7 heteroatoms. The van der Waals surface area contributed by atoms with Gasteiger partial charge in [-0.2, -0.15) is 0 Å². The Hall–Kier alpha value is -1.44. The molecule has 0 saturated carbocycles. The summed E-state index contributed by atoms with van der Waals surface area (Å²) < 4.78 is 0. The van der Waals surface area contributed by atoms with Crippen molar-refractivity contribution in [3.8, 4) is 0 Å². The number of likely N-dealkylation sites (N-methyl/N-ethyl adjacent to an activating group) is 1. The minimum absolute atomic E-state index is 0.408. The number of aliphatic carboxylic acids is 2. The third kappa shape index (κ3) is 9.76. The molecule has 0 amide bonds. The molecule has 0 aromatic carbocycles. The fraction of sp³-hybridized carbons (Fsp3) is 0.636. The van der Waals surface area contributed by atoms with Crippen LogP contribution in [0, 0.1) is 0 Å². The zero-order valence-electron chi connectivity index (χ0n) is 10.8. The first-order valence-corrected chi connectivity index (χ1v) is 5.50. The molecular formula is C11H21NO6. The molecule has 0 aliphatic carbocycles. The van der Waals surface area contributed by atoms with E-state index in [2.05, 4.69) is 5.32 Å². The second-order valence-electron chi connectivity index (χ2n) is 3.39. The van der Waals surface area contributed by atoms with Crippen LogP contribution in [0.4, 0.5) is 0 Å². The van der Waals surface area contributed by atoms with Crippen LogP contribution in [0.2, 0.25) is 0 Å². The van der Waals surface area contributed by atoms with Crippen LogP contribution in [0.3, 0.4) is 0 Å². The maximum absolute atomic E-state index is 10.0. The average molecular weight is 263 g/mol. The molecule has 106 valence electrons. The molecule has 5 N–H and O–H groups in total. The molecule has 0 aliphatic heterocycles. The van der Waals surface area contributed by atoms with Gasteiger partial charge in [-0.1, -0.05) is 19.9 Å². The lowest BCUT2D eigenvalue weighted by Gasteiger charge is -2.13. The number of carbonyl (C=O) groups is 2. The maximum Gasteiger partial charge on any atom is 0.336 e. The van der Waals surface area contributed by atoms with Gasteiger partial charge in [-0.25, -0.2) is 9.59 Å². The highest BCUT2D eigenvalue weighted by atomic mass is 16.4. The van der Waals surface area contributed by atoms with Crippen molar-refractivity contribution in [1.82, 2.24) is 5.32 Å². The van der Waals surface area contributed by atoms with Crippen LogP contribution in [0.25, 0.3) is 0 Å². The summed E-state index contributed by atoms with van der Waals surface area (Å²) in [6.45, 7) is 5.60. The van der Waals surface area contributed by atoms with Crippen molar-refractivity contribution in [3.05, 3.63) is 11.6 Å². The molecule has 2 atom stereocenters. The van der Waals surface area contributed by atoms with E-state index < -0.39 is 24.3 Å². The highest BCUT2D eigenvalue weighted by molar-refractivity contribution is 5.85. The molecule has 2 unspecified atom stereocenters. The Morgan fingerprint density at radius 2 is 1.72 bits per heavy atom. The van der Waals surface area contributed by atoms with Crippen molar-refractivity contribution in [1.29, 1.82) is 0 Å². The molecule has 0 bridgehead atoms. The van der Waals surface area contributed by atoms with Gasteiger partial charge in [-0.05, 0) is 19.9 Å². The summed E-state index contributed by atoms with van der Waals surface area (Å²) in [7, 11) is 0. The topological polar surface area (TPSA) is 127 Å². The quantitative estimate of drug-likeness (QED) is 0.331. The largest absolute Gasteiger partial charge is 0.479 e. The lowest BCUT2D eigenvalue weighted by atomic mass is 10.2. The molecule has 0 heterocycles. The van der Waals surface area contributed by atoms with E-state index in [0.717, 1.165) is 6.42 Å². The summed E-state index contributed by atoms with van der Waals surface area (Å²) in [5.41, 5.74) is 0.424. The third-order valence-corrected chi connectivity index (χ3v) is 1.81. The third-order valence-electron chi connectivity index (χ3n) is 1.81. The summed E-state index contributed by atoms with van der Waals surface area (Å²) in [5.74, 6) is -2.26. The minimum atomic E-state index is -1.75. The van der Waals surface area contributed by atoms with Crippen molar-refractivity contribution >= 4 is 11.9 Å². The van der Waals surface area contributed by atoms with Gasteiger partial charge in [0, 0.05) is 5.57 Å². The lowest BCUT2D eigenvalue weighted by Crippen LogP contribution is -2.43. The van der Waals surface area contributed by atoms with E-state index in [-0.39, 0.29) is 0 Å². The van der Waals surface area contributed by atoms with Gasteiger partial charge < -0.3 is 20.4 Å². The highest BCUT2D eigenvalue weighted by Crippen LogP contribution is 1.92. The summed E-state index contributed by atoms with van der Waals surface area (Å²) in [6.07, 6.45) is -0.664. The second-order valence-corrected chi connectivity index (χ2v) is 3.39. The average Bonchev–Trinajstić information content (AvgIpc) is 2.29. The number of carboxylic acid groups (broad SMARTS) is 2. The molecule has 0 saturated heterocycles. The summed E-state index contributed by atoms with van der Waals surface area (Å²) in [4.78, 5) is 20.0. The van der Waals surface area contributed by atoms with Crippen LogP contribution < -0.4 is 5.32 Å². The van der Waals surface area contributed by atoms with Crippen molar-refractivity contribution in [2.75, 3.05) is 6.54 Å². The Bertz CT molecular complexity index is 289. The summed E-state index contributed by atoms with van der Waals surface area (Å²) >= 11 is 0. The van der Waals surface area contributed by atoms with Gasteiger partial charge in [0.15, 0.2) is 6.10 Å². The smallest absolute Gasteiger partial charge is 0.336 e. The first-order valence-electron chi connectivity index (χ1n) is 5.50. The van der Waals surface area contributed by atoms with Gasteiger partial charge >= 0.3 is 11.9 Å². The maximum atomic E-state index is 10.0. The van der Waals surface area contributed by atoms with E-state index in [1.165, 1.54) is 0 Å². The molecular weight excluding hydrogens is 242 g/mol. The standard InChI is InChI=1S/C6H10O2.C5H11NO4/c1-3-4-5(2)6(7)8;1-2-6-4(8)3(7)5(9)10/h4H,3H2,1-2H3,(H,7,8);3-4,6-8H,2H2,1H3,(H,9,10). The molecule has 0 aliphatic rings. The number of hydrogen-bond donors (Lipinski definition) is 5. The van der Waals surface area contributed by atoms with Crippen molar-refractivity contribution in [2.24, 2.45) is 0 Å². The number of rotatable bonds is 6. The van der Waals surface area contributed by atoms with E-state index in [1.54, 1.807) is 19.9 Å². The molecule has 0 radical (unpaired) electrons. The lowest BCUT2D eigenvalue weighted by molar-refractivity contribution is -0.154. The fourth-order valence-corrected chi connectivity index (χ4v) is 0.849. The van der Waals surface area contributed by atoms with Gasteiger partial charge in [0.1, 0.15) is 6.23 Å². The Morgan fingerprint density at radius 3 is 1.94 bits per heavy atom. The fourth-order valence-electron chi connectivity index (χ4n) is 0.849. The minimum Gasteiger partial charge on any atom is -0.479 e. The molecule has 0 spiro atoms. The van der Waals surface area contributed by atoms with E-state index in [9.17, 15) is 9.59 Å². The van der Waals surface area contributed by atoms with Crippen LogP contribution in [0.5, 0.6) is 0 Å². The van der Waals surface area contributed by atoms with Crippen molar-refractivity contribution in [3.63, 3.8) is 0 Å². The Morgan fingerprint density at radius 1 is 1.22 bits per heavy atom. The van der Waals surface area contributed by atoms with Crippen LogP contribution in [-0.4, -0.2) is 51.2 Å². The monoisotopic (exact) mass is 263 g/mol. The summed E-state index contributed by atoms with van der Waals surface area (Å²) in [6, 6.07) is 0. The van der Waals surface area contributed by atoms with Crippen molar-refractivity contribution < 1.29 is 30.0 Å². The second kappa shape index (κ2) is 10.7. The predicted octanol–water partition coefficient (Wildman–Crippen LogP) is -0.213. The molecule has 7 nitrogen and oxygen atoms in total. The summed E-state index contributed by atoms with van der Waals surface area (Å²) in [5, 5.41) is 36.1. The van der Waals surface area contributed by atoms with E-state index >= 15 is 0 Å². The SMILES string of the molecule is CCC=C(C)C(=O)O.CCNC(O)C(O)C(=O)O. The van der Waals surface area contributed by atoms with Gasteiger partial charge in [-0.15, -0.1) is 0 Å². The van der Waals surface area contributed by atoms with Crippen molar-refractivity contribution in [2.45, 2.75) is 39.5 Å². The number of nitrogens with one attached hydrogen (secondary N) is 1. The van der Waals surface area contributed by atoms with Crippen LogP contribution >= 0.6 is 0 Å². The zero-order chi connectivity index (χ0) is 14.7. The number of hydrogen-bond acceptors (Lipinski definition) is 5. The van der Waals surface area contributed by atoms with E-state index in [0.29, 0.717) is 12.1 Å². The van der Waals surface area contributed by atoms with Crippen LogP contribution in [-0.2, 0) is 9.59 Å². The Balaban J connectivity index is 0. The molecule has 18 heavy (non-hydrogen) atoms. The van der Waals surface area contributed by atoms with Gasteiger partial charge in [0.05, 0.1) is 0 Å².